The number of carbonyl (C=O) groups is 1. The Bertz CT molecular complexity index is 755. The monoisotopic (exact) mass is 340 g/mol. The van der Waals surface area contributed by atoms with Crippen molar-refractivity contribution in [1.29, 1.82) is 0 Å². The van der Waals surface area contributed by atoms with Crippen molar-refractivity contribution in [3.05, 3.63) is 47.3 Å². The lowest BCUT2D eigenvalue weighted by molar-refractivity contribution is 0.0718. The molecule has 1 saturated heterocycles. The minimum absolute atomic E-state index is 0.110. The summed E-state index contributed by atoms with van der Waals surface area (Å²) in [5.41, 5.74) is 3.12. The minimum atomic E-state index is 0.110. The topological polar surface area (TPSA) is 67.4 Å². The van der Waals surface area contributed by atoms with E-state index in [0.29, 0.717) is 11.7 Å². The highest BCUT2D eigenvalue weighted by atomic mass is 16.5. The largest absolute Gasteiger partial charge is 0.478 e. The van der Waals surface area contributed by atoms with Gasteiger partial charge in [-0.2, -0.15) is 0 Å². The molecule has 1 amide bonds. The van der Waals surface area contributed by atoms with Crippen LogP contribution in [0, 0.1) is 13.8 Å². The van der Waals surface area contributed by atoms with Gasteiger partial charge in [0.25, 0.3) is 11.8 Å². The van der Waals surface area contributed by atoms with Gasteiger partial charge in [-0.15, -0.1) is 0 Å². The summed E-state index contributed by atoms with van der Waals surface area (Å²) in [5, 5.41) is 3.38. The molecule has 0 atom stereocenters. The molecule has 1 aromatic carbocycles. The van der Waals surface area contributed by atoms with Gasteiger partial charge in [0.2, 0.25) is 0 Å². The molecule has 0 aliphatic carbocycles. The molecule has 1 N–H and O–H groups in total. The predicted molar refractivity (Wildman–Crippen MR) is 97.0 cm³/mol. The highest BCUT2D eigenvalue weighted by Gasteiger charge is 2.24. The van der Waals surface area contributed by atoms with Gasteiger partial charge in [-0.05, 0) is 49.9 Å². The Morgan fingerprint density at radius 2 is 1.88 bits per heavy atom. The van der Waals surface area contributed by atoms with E-state index in [1.54, 1.807) is 19.5 Å². The van der Waals surface area contributed by atoms with E-state index in [1.807, 2.05) is 30.0 Å². The number of nitrogens with zero attached hydrogens (tertiary/aromatic N) is 3. The Hall–Kier alpha value is -2.63. The van der Waals surface area contributed by atoms with Crippen molar-refractivity contribution in [3.8, 4) is 5.88 Å². The zero-order valence-electron chi connectivity index (χ0n) is 15.0. The average molecular weight is 340 g/mol. The number of aromatic nitrogens is 2. The molecule has 1 aromatic heterocycles. The number of hydrogen-bond donors (Lipinski definition) is 1. The van der Waals surface area contributed by atoms with Crippen molar-refractivity contribution < 1.29 is 9.53 Å². The third-order valence-electron chi connectivity index (χ3n) is 4.73. The number of ether oxygens (including phenoxy) is 1. The van der Waals surface area contributed by atoms with Gasteiger partial charge in [-0.25, -0.2) is 9.97 Å². The zero-order valence-corrected chi connectivity index (χ0v) is 15.0. The van der Waals surface area contributed by atoms with E-state index in [0.717, 1.165) is 37.1 Å². The molecule has 1 fully saturated rings. The fraction of sp³-hybridized carbons (Fsp3) is 0.421. The summed E-state index contributed by atoms with van der Waals surface area (Å²) in [4.78, 5) is 23.1. The van der Waals surface area contributed by atoms with Crippen LogP contribution in [-0.2, 0) is 0 Å². The standard InChI is InChI=1S/C19H24N4O2/c1-13-4-5-15(12-14(13)2)19(24)23-10-6-16(7-11-23)22-17-18(25-3)21-9-8-20-17/h4-5,8-9,12,16H,6-7,10-11H2,1-3H3,(H,20,22). The molecule has 0 spiro atoms. The van der Waals surface area contributed by atoms with Crippen molar-refractivity contribution in [2.75, 3.05) is 25.5 Å². The molecule has 0 bridgehead atoms. The molecule has 0 radical (unpaired) electrons. The van der Waals surface area contributed by atoms with E-state index in [4.69, 9.17) is 4.74 Å². The molecule has 1 aliphatic heterocycles. The van der Waals surface area contributed by atoms with Gasteiger partial charge >= 0.3 is 0 Å². The minimum Gasteiger partial charge on any atom is -0.478 e. The number of carbonyl (C=O) groups excluding carboxylic acids is 1. The summed E-state index contributed by atoms with van der Waals surface area (Å²) >= 11 is 0. The highest BCUT2D eigenvalue weighted by molar-refractivity contribution is 5.94. The molecular formula is C19H24N4O2. The number of amides is 1. The number of anilines is 1. The molecule has 0 saturated carbocycles. The summed E-state index contributed by atoms with van der Waals surface area (Å²) in [5.74, 6) is 1.26. The van der Waals surface area contributed by atoms with Gasteiger partial charge in [0.1, 0.15) is 0 Å². The maximum atomic E-state index is 12.7. The van der Waals surface area contributed by atoms with Crippen LogP contribution in [0.4, 0.5) is 5.82 Å². The number of piperidine rings is 1. The number of rotatable bonds is 4. The smallest absolute Gasteiger partial charge is 0.257 e. The lowest BCUT2D eigenvalue weighted by Crippen LogP contribution is -2.42. The quantitative estimate of drug-likeness (QED) is 0.927. The van der Waals surface area contributed by atoms with Crippen LogP contribution in [0.5, 0.6) is 5.88 Å². The number of hydrogen-bond acceptors (Lipinski definition) is 5. The first kappa shape index (κ1) is 17.2. The number of aryl methyl sites for hydroxylation is 2. The van der Waals surface area contributed by atoms with E-state index in [2.05, 4.69) is 22.2 Å². The van der Waals surface area contributed by atoms with Gasteiger partial charge < -0.3 is 15.0 Å². The van der Waals surface area contributed by atoms with Crippen molar-refractivity contribution in [3.63, 3.8) is 0 Å². The number of benzene rings is 1. The molecule has 132 valence electrons. The van der Waals surface area contributed by atoms with E-state index >= 15 is 0 Å². The fourth-order valence-corrected chi connectivity index (χ4v) is 3.05. The van der Waals surface area contributed by atoms with Crippen LogP contribution < -0.4 is 10.1 Å². The molecule has 6 nitrogen and oxygen atoms in total. The average Bonchev–Trinajstić information content (AvgIpc) is 2.64. The second kappa shape index (κ2) is 7.51. The van der Waals surface area contributed by atoms with Crippen LogP contribution in [0.25, 0.3) is 0 Å². The Morgan fingerprint density at radius 1 is 1.16 bits per heavy atom. The Labute approximate surface area is 148 Å². The molecule has 3 rings (SSSR count). The van der Waals surface area contributed by atoms with Gasteiger partial charge in [-0.3, -0.25) is 4.79 Å². The van der Waals surface area contributed by atoms with Gasteiger partial charge in [0.05, 0.1) is 7.11 Å². The predicted octanol–water partition coefficient (Wildman–Crippen LogP) is 2.82. The Balaban J connectivity index is 1.59. The normalized spacial score (nSPS) is 15.1. The van der Waals surface area contributed by atoms with Crippen LogP contribution in [0.15, 0.2) is 30.6 Å². The first-order valence-corrected chi connectivity index (χ1v) is 8.56. The van der Waals surface area contributed by atoms with E-state index < -0.39 is 0 Å². The summed E-state index contributed by atoms with van der Waals surface area (Å²) < 4.78 is 5.22. The molecular weight excluding hydrogens is 316 g/mol. The summed E-state index contributed by atoms with van der Waals surface area (Å²) in [6.45, 7) is 5.55. The Morgan fingerprint density at radius 3 is 2.56 bits per heavy atom. The third-order valence-corrected chi connectivity index (χ3v) is 4.73. The lowest BCUT2D eigenvalue weighted by atomic mass is 10.0. The maximum Gasteiger partial charge on any atom is 0.257 e. The van der Waals surface area contributed by atoms with Crippen molar-refractivity contribution in [2.24, 2.45) is 0 Å². The SMILES string of the molecule is COc1nccnc1NC1CCN(C(=O)c2ccc(C)c(C)c2)CC1. The first-order valence-electron chi connectivity index (χ1n) is 8.56. The maximum absolute atomic E-state index is 12.7. The van der Waals surface area contributed by atoms with E-state index in [9.17, 15) is 4.79 Å². The summed E-state index contributed by atoms with van der Waals surface area (Å²) in [7, 11) is 1.58. The van der Waals surface area contributed by atoms with Crippen LogP contribution in [-0.4, -0.2) is 47.0 Å². The third kappa shape index (κ3) is 3.90. The second-order valence-electron chi connectivity index (χ2n) is 6.42. The van der Waals surface area contributed by atoms with Crippen LogP contribution in [0.2, 0.25) is 0 Å². The van der Waals surface area contributed by atoms with Crippen LogP contribution >= 0.6 is 0 Å². The Kier molecular flexibility index (Phi) is 5.16. The molecule has 0 unspecified atom stereocenters. The number of likely N-dealkylation sites (tertiary alicyclic amines) is 1. The van der Waals surface area contributed by atoms with Gasteiger partial charge in [0, 0.05) is 37.1 Å². The van der Waals surface area contributed by atoms with Crippen molar-refractivity contribution in [2.45, 2.75) is 32.7 Å². The second-order valence-corrected chi connectivity index (χ2v) is 6.42. The summed E-state index contributed by atoms with van der Waals surface area (Å²) in [6, 6.07) is 6.16. The van der Waals surface area contributed by atoms with Crippen molar-refractivity contribution in [1.82, 2.24) is 14.9 Å². The first-order chi connectivity index (χ1) is 12.1. The zero-order chi connectivity index (χ0) is 17.8. The lowest BCUT2D eigenvalue weighted by Gasteiger charge is -2.32. The molecule has 2 heterocycles. The van der Waals surface area contributed by atoms with Crippen molar-refractivity contribution >= 4 is 11.7 Å². The number of methoxy groups -OCH3 is 1. The molecule has 2 aromatic rings. The van der Waals surface area contributed by atoms with Gasteiger partial charge in [0.15, 0.2) is 5.82 Å². The fourth-order valence-electron chi connectivity index (χ4n) is 3.05. The molecule has 1 aliphatic rings. The van der Waals surface area contributed by atoms with E-state index in [1.165, 1.54) is 5.56 Å². The van der Waals surface area contributed by atoms with E-state index in [-0.39, 0.29) is 11.9 Å². The number of nitrogens with one attached hydrogen (secondary N) is 1. The highest BCUT2D eigenvalue weighted by Crippen LogP contribution is 2.22. The summed E-state index contributed by atoms with van der Waals surface area (Å²) in [6.07, 6.45) is 4.99. The van der Waals surface area contributed by atoms with Crippen LogP contribution in [0.1, 0.15) is 34.3 Å². The molecule has 25 heavy (non-hydrogen) atoms. The van der Waals surface area contributed by atoms with Crippen LogP contribution in [0.3, 0.4) is 0 Å². The molecule has 6 heteroatoms. The van der Waals surface area contributed by atoms with Gasteiger partial charge in [-0.1, -0.05) is 6.07 Å².